The first-order chi connectivity index (χ1) is 7.71. The summed E-state index contributed by atoms with van der Waals surface area (Å²) in [5.41, 5.74) is 1.53. The van der Waals surface area contributed by atoms with Crippen LogP contribution in [0, 0.1) is 0 Å². The fraction of sp³-hybridized carbons (Fsp3) is 0.455. The van der Waals surface area contributed by atoms with Gasteiger partial charge in [0, 0.05) is 5.56 Å². The third kappa shape index (κ3) is 2.15. The lowest BCUT2D eigenvalue weighted by Crippen LogP contribution is -2.42. The third-order valence-electron chi connectivity index (χ3n) is 3.12. The van der Waals surface area contributed by atoms with E-state index in [2.05, 4.69) is 0 Å². The van der Waals surface area contributed by atoms with Gasteiger partial charge in [0.25, 0.3) is 0 Å². The standard InChI is InChI=1S/C11H16N2O3S/c1-13(2,3)11-8-12(17(14,15)16)10-7-5-4-6-9(10)11/h4-7,11H,8H2,1-3H3/p+1. The Morgan fingerprint density at radius 1 is 1.29 bits per heavy atom. The van der Waals surface area contributed by atoms with Crippen LogP contribution in [-0.4, -0.2) is 45.1 Å². The summed E-state index contributed by atoms with van der Waals surface area (Å²) in [6.45, 7) is 0.279. The summed E-state index contributed by atoms with van der Waals surface area (Å²) < 4.78 is 33.6. The molecule has 0 amide bonds. The molecule has 1 atom stereocenters. The molecule has 1 aromatic rings. The van der Waals surface area contributed by atoms with E-state index in [1.165, 1.54) is 0 Å². The normalized spacial score (nSPS) is 20.5. The van der Waals surface area contributed by atoms with Crippen LogP contribution in [-0.2, 0) is 10.3 Å². The average molecular weight is 257 g/mol. The third-order valence-corrected chi connectivity index (χ3v) is 4.02. The Balaban J connectivity index is 2.55. The van der Waals surface area contributed by atoms with E-state index >= 15 is 0 Å². The van der Waals surface area contributed by atoms with Gasteiger partial charge in [-0.15, -0.1) is 0 Å². The van der Waals surface area contributed by atoms with E-state index in [1.807, 2.05) is 33.3 Å². The Labute approximate surface area is 102 Å². The van der Waals surface area contributed by atoms with Crippen LogP contribution in [0.3, 0.4) is 0 Å². The topological polar surface area (TPSA) is 57.6 Å². The van der Waals surface area contributed by atoms with Gasteiger partial charge in [-0.3, -0.25) is 4.55 Å². The largest absolute Gasteiger partial charge is 0.360 e. The molecule has 6 heteroatoms. The molecule has 0 saturated heterocycles. The van der Waals surface area contributed by atoms with E-state index < -0.39 is 10.3 Å². The van der Waals surface area contributed by atoms with Gasteiger partial charge >= 0.3 is 10.3 Å². The van der Waals surface area contributed by atoms with E-state index in [9.17, 15) is 13.0 Å². The van der Waals surface area contributed by atoms with Gasteiger partial charge < -0.3 is 4.48 Å². The SMILES string of the molecule is C[N+](C)(C)C1CN(S(=O)(=O)O)c2ccccc21. The highest BCUT2D eigenvalue weighted by molar-refractivity contribution is 7.87. The monoisotopic (exact) mass is 257 g/mol. The number of hydrogen-bond acceptors (Lipinski definition) is 2. The molecule has 1 aliphatic heterocycles. The molecule has 5 nitrogen and oxygen atoms in total. The fourth-order valence-corrected chi connectivity index (χ4v) is 2.98. The molecular weight excluding hydrogens is 240 g/mol. The van der Waals surface area contributed by atoms with Crippen LogP contribution in [0.25, 0.3) is 0 Å². The lowest BCUT2D eigenvalue weighted by atomic mass is 10.1. The molecular formula is C11H17N2O3S+. The van der Waals surface area contributed by atoms with Crippen molar-refractivity contribution in [1.29, 1.82) is 0 Å². The maximum absolute atomic E-state index is 11.3. The summed E-state index contributed by atoms with van der Waals surface area (Å²) in [6.07, 6.45) is 0. The van der Waals surface area contributed by atoms with Gasteiger partial charge in [-0.05, 0) is 6.07 Å². The number of fused-ring (bicyclic) bond motifs is 1. The first kappa shape index (κ1) is 12.3. The highest BCUT2D eigenvalue weighted by Crippen LogP contribution is 2.40. The molecule has 0 saturated carbocycles. The van der Waals surface area contributed by atoms with Crippen molar-refractivity contribution in [3.05, 3.63) is 29.8 Å². The van der Waals surface area contributed by atoms with Gasteiger partial charge in [-0.25, -0.2) is 4.31 Å². The minimum Gasteiger partial charge on any atom is -0.323 e. The van der Waals surface area contributed by atoms with Gasteiger partial charge in [-0.1, -0.05) is 18.2 Å². The number of likely N-dealkylation sites (N-methyl/N-ethyl adjacent to an activating group) is 1. The smallest absolute Gasteiger partial charge is 0.323 e. The number of nitrogens with zero attached hydrogens (tertiary/aromatic N) is 2. The van der Waals surface area contributed by atoms with Crippen LogP contribution < -0.4 is 4.31 Å². The number of rotatable bonds is 2. The number of para-hydroxylation sites is 1. The van der Waals surface area contributed by atoms with E-state index in [0.29, 0.717) is 10.2 Å². The molecule has 0 aromatic heterocycles. The molecule has 0 spiro atoms. The van der Waals surface area contributed by atoms with Crippen LogP contribution in [0.15, 0.2) is 24.3 Å². The average Bonchev–Trinajstić information content (AvgIpc) is 2.55. The fourth-order valence-electron chi connectivity index (χ4n) is 2.23. The van der Waals surface area contributed by atoms with Crippen molar-refractivity contribution in [2.75, 3.05) is 32.0 Å². The number of anilines is 1. The Morgan fingerprint density at radius 2 is 1.88 bits per heavy atom. The second-order valence-corrected chi connectivity index (χ2v) is 6.54. The quantitative estimate of drug-likeness (QED) is 0.636. The summed E-state index contributed by atoms with van der Waals surface area (Å²) in [7, 11) is 1.84. The van der Waals surface area contributed by atoms with Crippen LogP contribution >= 0.6 is 0 Å². The predicted octanol–water partition coefficient (Wildman–Crippen LogP) is 1.06. The van der Waals surface area contributed by atoms with Crippen LogP contribution in [0.1, 0.15) is 11.6 Å². The summed E-state index contributed by atoms with van der Waals surface area (Å²) in [4.78, 5) is 0. The second kappa shape index (κ2) is 3.69. The molecule has 1 unspecified atom stereocenters. The highest BCUT2D eigenvalue weighted by Gasteiger charge is 2.41. The summed E-state index contributed by atoms with van der Waals surface area (Å²) in [5.74, 6) is 0. The number of benzene rings is 1. The van der Waals surface area contributed by atoms with E-state index in [0.717, 1.165) is 9.87 Å². The van der Waals surface area contributed by atoms with Gasteiger partial charge in [0.15, 0.2) is 0 Å². The number of quaternary nitrogens is 1. The molecule has 0 fully saturated rings. The predicted molar refractivity (Wildman–Crippen MR) is 66.1 cm³/mol. The molecule has 1 N–H and O–H groups in total. The Morgan fingerprint density at radius 3 is 2.41 bits per heavy atom. The Kier molecular flexibility index (Phi) is 2.68. The van der Waals surface area contributed by atoms with Crippen molar-refractivity contribution in [2.45, 2.75) is 6.04 Å². The summed E-state index contributed by atoms with van der Waals surface area (Å²) >= 11 is 0. The molecule has 0 aliphatic carbocycles. The highest BCUT2D eigenvalue weighted by atomic mass is 32.2. The zero-order valence-corrected chi connectivity index (χ0v) is 11.0. The van der Waals surface area contributed by atoms with Gasteiger partial charge in [0.05, 0.1) is 33.4 Å². The molecule has 2 rings (SSSR count). The molecule has 0 radical (unpaired) electrons. The zero-order valence-electron chi connectivity index (χ0n) is 10.2. The summed E-state index contributed by atoms with van der Waals surface area (Å²) in [6, 6.07) is 7.32. The van der Waals surface area contributed by atoms with E-state index in [-0.39, 0.29) is 12.6 Å². The van der Waals surface area contributed by atoms with Crippen molar-refractivity contribution in [3.8, 4) is 0 Å². The Hall–Kier alpha value is -1.11. The van der Waals surface area contributed by atoms with Crippen LogP contribution in [0.2, 0.25) is 0 Å². The summed E-state index contributed by atoms with van der Waals surface area (Å²) in [5, 5.41) is 0. The molecule has 94 valence electrons. The van der Waals surface area contributed by atoms with Crippen LogP contribution in [0.4, 0.5) is 5.69 Å². The molecule has 1 heterocycles. The van der Waals surface area contributed by atoms with Gasteiger partial charge in [-0.2, -0.15) is 8.42 Å². The minimum atomic E-state index is -4.19. The number of hydrogen-bond donors (Lipinski definition) is 1. The molecule has 17 heavy (non-hydrogen) atoms. The van der Waals surface area contributed by atoms with Crippen molar-refractivity contribution in [1.82, 2.24) is 0 Å². The maximum Gasteiger partial charge on any atom is 0.360 e. The van der Waals surface area contributed by atoms with Crippen LogP contribution in [0.5, 0.6) is 0 Å². The van der Waals surface area contributed by atoms with Crippen molar-refractivity contribution < 1.29 is 17.5 Å². The minimum absolute atomic E-state index is 0.0353. The van der Waals surface area contributed by atoms with Crippen molar-refractivity contribution in [3.63, 3.8) is 0 Å². The van der Waals surface area contributed by atoms with Crippen molar-refractivity contribution >= 4 is 16.0 Å². The Bertz CT molecular complexity index is 534. The zero-order chi connectivity index (χ0) is 12.8. The first-order valence-electron chi connectivity index (χ1n) is 5.36. The van der Waals surface area contributed by atoms with E-state index in [1.54, 1.807) is 12.1 Å². The van der Waals surface area contributed by atoms with E-state index in [4.69, 9.17) is 0 Å². The lowest BCUT2D eigenvalue weighted by Gasteiger charge is -2.31. The van der Waals surface area contributed by atoms with Crippen molar-refractivity contribution in [2.24, 2.45) is 0 Å². The van der Waals surface area contributed by atoms with Gasteiger partial charge in [0.1, 0.15) is 6.04 Å². The van der Waals surface area contributed by atoms with Gasteiger partial charge in [0.2, 0.25) is 0 Å². The lowest BCUT2D eigenvalue weighted by molar-refractivity contribution is -0.899. The molecule has 1 aliphatic rings. The first-order valence-corrected chi connectivity index (χ1v) is 6.76. The molecule has 0 bridgehead atoms. The maximum atomic E-state index is 11.3. The molecule has 1 aromatic carbocycles. The second-order valence-electron chi connectivity index (χ2n) is 5.20.